The maximum Gasteiger partial charge on any atom is 0.297 e. The fraction of sp³-hybridized carbons (Fsp3) is 0. The van der Waals surface area contributed by atoms with Gasteiger partial charge in [-0.3, -0.25) is 9.36 Å². The van der Waals surface area contributed by atoms with Crippen molar-refractivity contribution in [3.05, 3.63) is 52.8 Å². The van der Waals surface area contributed by atoms with Crippen molar-refractivity contribution < 1.29 is 4.39 Å². The predicted molar refractivity (Wildman–Crippen MR) is 54.2 cm³/mol. The summed E-state index contributed by atoms with van der Waals surface area (Å²) in [6.45, 7) is 0. The summed E-state index contributed by atoms with van der Waals surface area (Å²) in [5, 5.41) is 0. The Morgan fingerprint density at radius 2 is 2.20 bits per heavy atom. The molecule has 0 aliphatic carbocycles. The lowest BCUT2D eigenvalue weighted by molar-refractivity contribution is 0.626. The van der Waals surface area contributed by atoms with Crippen LogP contribution in [-0.2, 0) is 0 Å². The fourth-order valence-corrected chi connectivity index (χ4v) is 1.26. The van der Waals surface area contributed by atoms with Gasteiger partial charge in [0.15, 0.2) is 5.82 Å². The van der Waals surface area contributed by atoms with Gasteiger partial charge in [0.1, 0.15) is 5.82 Å². The molecular formula is C10H8FN3O. The van der Waals surface area contributed by atoms with Gasteiger partial charge in [-0.2, -0.15) is 0 Å². The number of hydrogen-bond donors (Lipinski definition) is 1. The van der Waals surface area contributed by atoms with Crippen LogP contribution in [0.25, 0.3) is 5.69 Å². The molecule has 0 atom stereocenters. The maximum absolute atomic E-state index is 12.9. The van der Waals surface area contributed by atoms with Gasteiger partial charge in [-0.15, -0.1) is 0 Å². The van der Waals surface area contributed by atoms with Crippen LogP contribution in [0.3, 0.4) is 0 Å². The normalized spacial score (nSPS) is 10.2. The zero-order valence-electron chi connectivity index (χ0n) is 7.72. The predicted octanol–water partition coefficient (Wildman–Crippen LogP) is 0.954. The molecule has 0 aliphatic heterocycles. The van der Waals surface area contributed by atoms with E-state index in [9.17, 15) is 9.18 Å². The van der Waals surface area contributed by atoms with Crippen LogP contribution in [0, 0.1) is 5.82 Å². The van der Waals surface area contributed by atoms with Crippen LogP contribution in [0.2, 0.25) is 0 Å². The highest BCUT2D eigenvalue weighted by molar-refractivity contribution is 5.35. The Kier molecular flexibility index (Phi) is 2.21. The van der Waals surface area contributed by atoms with Crippen LogP contribution < -0.4 is 11.3 Å². The highest BCUT2D eigenvalue weighted by Gasteiger charge is 2.03. The topological polar surface area (TPSA) is 60.9 Å². The summed E-state index contributed by atoms with van der Waals surface area (Å²) in [6, 6.07) is 5.69. The monoisotopic (exact) mass is 205 g/mol. The lowest BCUT2D eigenvalue weighted by Gasteiger charge is -2.05. The summed E-state index contributed by atoms with van der Waals surface area (Å²) in [4.78, 5) is 15.2. The largest absolute Gasteiger partial charge is 0.379 e. The van der Waals surface area contributed by atoms with E-state index in [1.54, 1.807) is 6.07 Å². The molecule has 0 radical (unpaired) electrons. The lowest BCUT2D eigenvalue weighted by Crippen LogP contribution is -2.21. The number of nitrogens with two attached hydrogens (primary N) is 1. The van der Waals surface area contributed by atoms with E-state index in [-0.39, 0.29) is 5.82 Å². The van der Waals surface area contributed by atoms with Crippen molar-refractivity contribution in [3.63, 3.8) is 0 Å². The Labute approximate surface area is 84.8 Å². The molecule has 0 unspecified atom stereocenters. The second-order valence-electron chi connectivity index (χ2n) is 2.97. The van der Waals surface area contributed by atoms with Crippen molar-refractivity contribution in [2.75, 3.05) is 5.73 Å². The van der Waals surface area contributed by atoms with Crippen LogP contribution in [0.1, 0.15) is 0 Å². The van der Waals surface area contributed by atoms with E-state index in [1.165, 1.54) is 35.2 Å². The van der Waals surface area contributed by atoms with Crippen molar-refractivity contribution in [1.29, 1.82) is 0 Å². The van der Waals surface area contributed by atoms with Crippen LogP contribution >= 0.6 is 0 Å². The van der Waals surface area contributed by atoms with E-state index >= 15 is 0 Å². The van der Waals surface area contributed by atoms with E-state index in [0.717, 1.165) is 0 Å². The Morgan fingerprint density at radius 1 is 1.40 bits per heavy atom. The van der Waals surface area contributed by atoms with E-state index in [2.05, 4.69) is 4.98 Å². The summed E-state index contributed by atoms with van der Waals surface area (Å²) >= 11 is 0. The van der Waals surface area contributed by atoms with Crippen molar-refractivity contribution >= 4 is 5.82 Å². The minimum atomic E-state index is -0.455. The van der Waals surface area contributed by atoms with Gasteiger partial charge in [0, 0.05) is 12.4 Å². The van der Waals surface area contributed by atoms with Crippen LogP contribution in [0.4, 0.5) is 10.2 Å². The number of rotatable bonds is 1. The van der Waals surface area contributed by atoms with Crippen molar-refractivity contribution in [3.8, 4) is 5.69 Å². The maximum atomic E-state index is 12.9. The third kappa shape index (κ3) is 1.71. The van der Waals surface area contributed by atoms with Crippen LogP contribution in [0.15, 0.2) is 41.5 Å². The summed E-state index contributed by atoms with van der Waals surface area (Å²) in [5.74, 6) is -0.517. The number of halogens is 1. The minimum absolute atomic E-state index is 0.109. The minimum Gasteiger partial charge on any atom is -0.379 e. The first-order valence-electron chi connectivity index (χ1n) is 4.27. The van der Waals surface area contributed by atoms with Gasteiger partial charge in [-0.1, -0.05) is 6.07 Å². The van der Waals surface area contributed by atoms with E-state index in [0.29, 0.717) is 5.69 Å². The van der Waals surface area contributed by atoms with E-state index in [1.807, 2.05) is 0 Å². The number of nitrogen functional groups attached to an aromatic ring is 1. The number of aromatic nitrogens is 2. The lowest BCUT2D eigenvalue weighted by atomic mass is 10.3. The van der Waals surface area contributed by atoms with Gasteiger partial charge in [0.05, 0.1) is 5.69 Å². The van der Waals surface area contributed by atoms with Crippen LogP contribution in [-0.4, -0.2) is 9.55 Å². The third-order valence-electron chi connectivity index (χ3n) is 1.95. The first-order valence-corrected chi connectivity index (χ1v) is 4.27. The molecule has 2 aromatic rings. The molecule has 15 heavy (non-hydrogen) atoms. The van der Waals surface area contributed by atoms with Gasteiger partial charge >= 0.3 is 0 Å². The highest BCUT2D eigenvalue weighted by atomic mass is 19.1. The Bertz CT molecular complexity index is 550. The van der Waals surface area contributed by atoms with Gasteiger partial charge in [-0.05, 0) is 18.2 Å². The first-order chi connectivity index (χ1) is 7.18. The number of benzene rings is 1. The summed E-state index contributed by atoms with van der Waals surface area (Å²) in [6.07, 6.45) is 2.83. The number of nitrogens with zero attached hydrogens (tertiary/aromatic N) is 2. The van der Waals surface area contributed by atoms with Gasteiger partial charge in [0.25, 0.3) is 5.56 Å². The molecule has 0 amide bonds. The zero-order valence-corrected chi connectivity index (χ0v) is 7.72. The molecule has 0 aliphatic rings. The summed E-state index contributed by atoms with van der Waals surface area (Å²) in [7, 11) is 0. The van der Waals surface area contributed by atoms with E-state index in [4.69, 9.17) is 5.73 Å². The Hall–Kier alpha value is -2.17. The quantitative estimate of drug-likeness (QED) is 0.754. The molecule has 5 heteroatoms. The molecule has 0 bridgehead atoms. The number of hydrogen-bond acceptors (Lipinski definition) is 3. The van der Waals surface area contributed by atoms with Gasteiger partial charge < -0.3 is 5.73 Å². The molecule has 1 aromatic heterocycles. The molecule has 0 saturated carbocycles. The molecule has 0 saturated heterocycles. The molecule has 1 aromatic carbocycles. The molecule has 4 nitrogen and oxygen atoms in total. The molecular weight excluding hydrogens is 197 g/mol. The smallest absolute Gasteiger partial charge is 0.297 e. The highest BCUT2D eigenvalue weighted by Crippen LogP contribution is 2.07. The second-order valence-corrected chi connectivity index (χ2v) is 2.97. The standard InChI is InChI=1S/C10H8FN3O/c11-7-2-1-3-8(6-7)14-5-4-13-9(12)10(14)15/h1-6H,(H2,12,13). The zero-order chi connectivity index (χ0) is 10.8. The average Bonchev–Trinajstić information content (AvgIpc) is 2.22. The second kappa shape index (κ2) is 3.53. The van der Waals surface area contributed by atoms with Gasteiger partial charge in [-0.25, -0.2) is 9.37 Å². The van der Waals surface area contributed by atoms with Crippen molar-refractivity contribution in [2.45, 2.75) is 0 Å². The molecule has 0 fully saturated rings. The Balaban J connectivity index is 2.65. The Morgan fingerprint density at radius 3 is 2.93 bits per heavy atom. The average molecular weight is 205 g/mol. The summed E-state index contributed by atoms with van der Waals surface area (Å²) in [5.41, 5.74) is 5.33. The fourth-order valence-electron chi connectivity index (χ4n) is 1.26. The molecule has 1 heterocycles. The first kappa shape index (κ1) is 9.39. The molecule has 76 valence electrons. The summed E-state index contributed by atoms with van der Waals surface area (Å²) < 4.78 is 14.2. The molecule has 0 spiro atoms. The SMILES string of the molecule is Nc1nccn(-c2cccc(F)c2)c1=O. The van der Waals surface area contributed by atoms with Crippen molar-refractivity contribution in [1.82, 2.24) is 9.55 Å². The van der Waals surface area contributed by atoms with E-state index < -0.39 is 11.4 Å². The molecule has 2 rings (SSSR count). The van der Waals surface area contributed by atoms with Gasteiger partial charge in [0.2, 0.25) is 0 Å². The van der Waals surface area contributed by atoms with Crippen LogP contribution in [0.5, 0.6) is 0 Å². The van der Waals surface area contributed by atoms with Crippen molar-refractivity contribution in [2.24, 2.45) is 0 Å². The third-order valence-corrected chi connectivity index (χ3v) is 1.95. The number of anilines is 1. The molecule has 2 N–H and O–H groups in total.